The first-order valence-electron chi connectivity index (χ1n) is 11.0. The van der Waals surface area contributed by atoms with Crippen molar-refractivity contribution in [1.29, 1.82) is 0 Å². The van der Waals surface area contributed by atoms with Crippen LogP contribution in [-0.4, -0.2) is 57.7 Å². The molecule has 0 spiro atoms. The van der Waals surface area contributed by atoms with Crippen LogP contribution in [0.5, 0.6) is 0 Å². The van der Waals surface area contributed by atoms with Crippen LogP contribution in [0.1, 0.15) is 30.7 Å². The number of carbonyl (C=O) groups excluding carboxylic acids is 1. The number of aryl methyl sites for hydroxylation is 1. The van der Waals surface area contributed by atoms with Crippen LogP contribution in [0.25, 0.3) is 10.2 Å². The maximum atomic E-state index is 12.8. The molecule has 1 aliphatic heterocycles. The maximum Gasteiger partial charge on any atom is 0.260 e. The fraction of sp³-hybridized carbons (Fsp3) is 0.478. The summed E-state index contributed by atoms with van der Waals surface area (Å²) in [5.74, 6) is 1.80. The molecule has 1 N–H and O–H groups in total. The van der Waals surface area contributed by atoms with Gasteiger partial charge in [0.05, 0.1) is 11.1 Å². The maximum absolute atomic E-state index is 12.8. The van der Waals surface area contributed by atoms with Gasteiger partial charge in [-0.15, -0.1) is 11.3 Å². The highest BCUT2D eigenvalue weighted by Gasteiger charge is 2.22. The highest BCUT2D eigenvalue weighted by Crippen LogP contribution is 2.30. The van der Waals surface area contributed by atoms with E-state index in [0.717, 1.165) is 47.0 Å². The summed E-state index contributed by atoms with van der Waals surface area (Å²) in [6, 6.07) is 5.87. The minimum atomic E-state index is -0.100. The van der Waals surface area contributed by atoms with Crippen LogP contribution in [-0.2, 0) is 11.2 Å². The van der Waals surface area contributed by atoms with Crippen molar-refractivity contribution < 1.29 is 4.79 Å². The Morgan fingerprint density at radius 1 is 1.28 bits per heavy atom. The zero-order chi connectivity index (χ0) is 22.7. The number of pyridine rings is 1. The van der Waals surface area contributed by atoms with Crippen molar-refractivity contribution in [1.82, 2.24) is 19.9 Å². The second-order valence-electron chi connectivity index (χ2n) is 8.25. The fourth-order valence-corrected chi connectivity index (χ4v) is 5.78. The van der Waals surface area contributed by atoms with Gasteiger partial charge in [-0.2, -0.15) is 0 Å². The van der Waals surface area contributed by atoms with Gasteiger partial charge in [0, 0.05) is 37.3 Å². The van der Waals surface area contributed by atoms with E-state index in [9.17, 15) is 9.59 Å². The predicted molar refractivity (Wildman–Crippen MR) is 132 cm³/mol. The van der Waals surface area contributed by atoms with E-state index in [1.807, 2.05) is 23.1 Å². The number of nitrogens with one attached hydrogen (secondary N) is 1. The van der Waals surface area contributed by atoms with Crippen molar-refractivity contribution in [2.45, 2.75) is 38.8 Å². The number of hydrogen-bond acceptors (Lipinski definition) is 7. The number of anilines is 1. The lowest BCUT2D eigenvalue weighted by Crippen LogP contribution is -2.49. The summed E-state index contributed by atoms with van der Waals surface area (Å²) in [4.78, 5) is 43.5. The average Bonchev–Trinajstić information content (AvgIpc) is 3.13. The van der Waals surface area contributed by atoms with Crippen molar-refractivity contribution in [2.24, 2.45) is 5.92 Å². The van der Waals surface area contributed by atoms with Crippen LogP contribution in [0.3, 0.4) is 0 Å². The number of thioether (sulfide) groups is 1. The number of nitrogens with zero attached hydrogens (tertiary/aromatic N) is 4. The van der Waals surface area contributed by atoms with Crippen molar-refractivity contribution in [2.75, 3.05) is 36.8 Å². The summed E-state index contributed by atoms with van der Waals surface area (Å²) in [7, 11) is 0. The van der Waals surface area contributed by atoms with Crippen molar-refractivity contribution in [3.05, 3.63) is 45.2 Å². The molecule has 0 bridgehead atoms. The lowest BCUT2D eigenvalue weighted by Gasteiger charge is -2.35. The molecule has 7 nitrogen and oxygen atoms in total. The van der Waals surface area contributed by atoms with Gasteiger partial charge in [-0.05, 0) is 37.0 Å². The average molecular weight is 472 g/mol. The molecule has 1 amide bonds. The topological polar surface area (TPSA) is 82.2 Å². The van der Waals surface area contributed by atoms with Crippen molar-refractivity contribution >= 4 is 45.0 Å². The molecule has 1 saturated heterocycles. The lowest BCUT2D eigenvalue weighted by atomic mass is 9.98. The standard InChI is InChI=1S/C23H29N5O2S2/c1-4-15(2)13-17-16(3)32-22-20(17)21(30)25-23(26-22)31-14-19(29)28-11-9-27(10-12-28)18-7-5-6-8-24-18/h5-8,15H,4,9-14H2,1-3H3,(H,25,26,30). The first kappa shape index (κ1) is 22.8. The van der Waals surface area contributed by atoms with Gasteiger partial charge in [-0.25, -0.2) is 9.97 Å². The van der Waals surface area contributed by atoms with E-state index < -0.39 is 0 Å². The summed E-state index contributed by atoms with van der Waals surface area (Å²) in [5, 5.41) is 1.23. The molecule has 4 rings (SSSR count). The van der Waals surface area contributed by atoms with Crippen LogP contribution < -0.4 is 10.5 Å². The fourth-order valence-electron chi connectivity index (χ4n) is 3.91. The largest absolute Gasteiger partial charge is 0.353 e. The highest BCUT2D eigenvalue weighted by atomic mass is 32.2. The third kappa shape index (κ3) is 4.99. The van der Waals surface area contributed by atoms with Gasteiger partial charge in [0.2, 0.25) is 5.91 Å². The van der Waals surface area contributed by atoms with Gasteiger partial charge in [-0.1, -0.05) is 38.1 Å². The van der Waals surface area contributed by atoms with Crippen molar-refractivity contribution in [3.8, 4) is 0 Å². The number of thiophene rings is 1. The Morgan fingerprint density at radius 3 is 2.75 bits per heavy atom. The lowest BCUT2D eigenvalue weighted by molar-refractivity contribution is -0.128. The number of rotatable bonds is 7. The number of aromatic amines is 1. The molecule has 0 saturated carbocycles. The SMILES string of the molecule is CCC(C)Cc1c(C)sc2nc(SCC(=O)N3CCN(c4ccccn4)CC3)[nH]c(=O)c12. The highest BCUT2D eigenvalue weighted by molar-refractivity contribution is 7.99. The second-order valence-corrected chi connectivity index (χ2v) is 10.4. The predicted octanol–water partition coefficient (Wildman–Crippen LogP) is 3.72. The molecule has 0 aliphatic carbocycles. The molecule has 170 valence electrons. The van der Waals surface area contributed by atoms with Gasteiger partial charge in [0.1, 0.15) is 10.6 Å². The normalized spacial score (nSPS) is 15.3. The van der Waals surface area contributed by atoms with Crippen LogP contribution >= 0.6 is 23.1 Å². The van der Waals surface area contributed by atoms with E-state index in [1.165, 1.54) is 11.8 Å². The number of fused-ring (bicyclic) bond motifs is 1. The quantitative estimate of drug-likeness (QED) is 0.418. The van der Waals surface area contributed by atoms with E-state index in [1.54, 1.807) is 17.5 Å². The van der Waals surface area contributed by atoms with Gasteiger partial charge in [0.25, 0.3) is 5.56 Å². The molecule has 1 aliphatic rings. The van der Waals surface area contributed by atoms with Crippen molar-refractivity contribution in [3.63, 3.8) is 0 Å². The van der Waals surface area contributed by atoms with Gasteiger partial charge >= 0.3 is 0 Å². The molecule has 32 heavy (non-hydrogen) atoms. The summed E-state index contributed by atoms with van der Waals surface area (Å²) >= 11 is 2.87. The number of amides is 1. The van der Waals surface area contributed by atoms with Crippen LogP contribution in [0.2, 0.25) is 0 Å². The zero-order valence-electron chi connectivity index (χ0n) is 18.8. The molecular weight excluding hydrogens is 442 g/mol. The molecule has 4 heterocycles. The molecule has 9 heteroatoms. The number of H-pyrrole nitrogens is 1. The third-order valence-corrected chi connectivity index (χ3v) is 7.93. The van der Waals surface area contributed by atoms with E-state index in [-0.39, 0.29) is 17.2 Å². The number of hydrogen-bond donors (Lipinski definition) is 1. The first-order chi connectivity index (χ1) is 15.5. The monoisotopic (exact) mass is 471 g/mol. The molecular formula is C23H29N5O2S2. The minimum Gasteiger partial charge on any atom is -0.353 e. The second kappa shape index (κ2) is 10.0. The third-order valence-electron chi connectivity index (χ3n) is 6.03. The number of aromatic nitrogens is 3. The van der Waals surface area contributed by atoms with Crippen LogP contribution in [0, 0.1) is 12.8 Å². The minimum absolute atomic E-state index is 0.0678. The summed E-state index contributed by atoms with van der Waals surface area (Å²) < 4.78 is 0. The van der Waals surface area contributed by atoms with Gasteiger partial charge in [-0.3, -0.25) is 9.59 Å². The first-order valence-corrected chi connectivity index (χ1v) is 12.8. The van der Waals surface area contributed by atoms with E-state index in [0.29, 0.717) is 29.6 Å². The number of piperazine rings is 1. The molecule has 0 aromatic carbocycles. The Hall–Kier alpha value is -2.39. The Morgan fingerprint density at radius 2 is 2.06 bits per heavy atom. The summed E-state index contributed by atoms with van der Waals surface area (Å²) in [5.41, 5.74) is 1.02. The smallest absolute Gasteiger partial charge is 0.260 e. The Balaban J connectivity index is 1.38. The van der Waals surface area contributed by atoms with Crippen LogP contribution in [0.4, 0.5) is 5.82 Å². The Kier molecular flexibility index (Phi) is 7.15. The molecule has 3 aromatic rings. The molecule has 0 radical (unpaired) electrons. The molecule has 1 fully saturated rings. The Labute approximate surface area is 196 Å². The van der Waals surface area contributed by atoms with E-state index >= 15 is 0 Å². The van der Waals surface area contributed by atoms with Gasteiger partial charge < -0.3 is 14.8 Å². The molecule has 3 aromatic heterocycles. The van der Waals surface area contributed by atoms with Crippen LogP contribution in [0.15, 0.2) is 34.3 Å². The Bertz CT molecular complexity index is 1140. The van der Waals surface area contributed by atoms with E-state index in [2.05, 4.69) is 40.6 Å². The summed E-state index contributed by atoms with van der Waals surface area (Å²) in [6.07, 6.45) is 3.76. The number of carbonyl (C=O) groups is 1. The zero-order valence-corrected chi connectivity index (χ0v) is 20.4. The molecule has 1 unspecified atom stereocenters. The van der Waals surface area contributed by atoms with E-state index in [4.69, 9.17) is 0 Å². The van der Waals surface area contributed by atoms with Gasteiger partial charge in [0.15, 0.2) is 5.16 Å². The summed E-state index contributed by atoms with van der Waals surface area (Å²) in [6.45, 7) is 9.30. The molecule has 1 atom stereocenters.